The average Bonchev–Trinajstić information content (AvgIpc) is 2.53. The van der Waals surface area contributed by atoms with Gasteiger partial charge in [-0.1, -0.05) is 6.92 Å². The van der Waals surface area contributed by atoms with Gasteiger partial charge in [0.15, 0.2) is 0 Å². The van der Waals surface area contributed by atoms with Crippen molar-refractivity contribution in [2.24, 2.45) is 5.92 Å². The summed E-state index contributed by atoms with van der Waals surface area (Å²) in [6.45, 7) is 13.0. The van der Waals surface area contributed by atoms with Crippen LogP contribution in [0.15, 0.2) is 6.07 Å². The quantitative estimate of drug-likeness (QED) is 0.756. The van der Waals surface area contributed by atoms with Crippen LogP contribution < -0.4 is 4.90 Å². The zero-order chi connectivity index (χ0) is 19.1. The van der Waals surface area contributed by atoms with Crippen LogP contribution >= 0.6 is 0 Å². The molecule has 26 heavy (non-hydrogen) atoms. The molecule has 1 aromatic heterocycles. The van der Waals surface area contributed by atoms with E-state index in [0.29, 0.717) is 18.4 Å². The van der Waals surface area contributed by atoms with E-state index in [1.54, 1.807) is 4.90 Å². The van der Waals surface area contributed by atoms with Crippen LogP contribution in [0, 0.1) is 12.8 Å². The lowest BCUT2D eigenvalue weighted by molar-refractivity contribution is 0.0572. The van der Waals surface area contributed by atoms with E-state index in [-0.39, 0.29) is 6.09 Å². The second-order valence-corrected chi connectivity index (χ2v) is 9.13. The topological polar surface area (TPSA) is 45.7 Å². The number of likely N-dealkylation sites (tertiary alicyclic amines) is 1. The SMILES string of the molecule is Cc1cc2c(nc1C1CCN(C)CC1)C[C@H](C)CN2C(=O)OC(C)(C)C. The third-order valence-electron chi connectivity index (χ3n) is 5.35. The van der Waals surface area contributed by atoms with Gasteiger partial charge in [0.2, 0.25) is 0 Å². The predicted molar refractivity (Wildman–Crippen MR) is 105 cm³/mol. The Balaban J connectivity index is 1.90. The molecule has 3 rings (SSSR count). The maximum Gasteiger partial charge on any atom is 0.414 e. The molecule has 0 aliphatic carbocycles. The first kappa shape index (κ1) is 19.2. The molecule has 3 heterocycles. The molecule has 0 aromatic carbocycles. The number of aromatic nitrogens is 1. The van der Waals surface area contributed by atoms with Gasteiger partial charge in [-0.05, 0) is 84.6 Å². The fourth-order valence-corrected chi connectivity index (χ4v) is 4.03. The molecule has 2 aliphatic heterocycles. The molecule has 1 amide bonds. The zero-order valence-electron chi connectivity index (χ0n) is 17.1. The van der Waals surface area contributed by atoms with E-state index in [1.807, 2.05) is 20.8 Å². The number of nitrogens with zero attached hydrogens (tertiary/aromatic N) is 3. The van der Waals surface area contributed by atoms with E-state index in [0.717, 1.165) is 43.7 Å². The highest BCUT2D eigenvalue weighted by atomic mass is 16.6. The highest BCUT2D eigenvalue weighted by molar-refractivity contribution is 5.89. The Morgan fingerprint density at radius 3 is 2.54 bits per heavy atom. The fourth-order valence-electron chi connectivity index (χ4n) is 4.03. The molecule has 0 spiro atoms. The Morgan fingerprint density at radius 1 is 1.27 bits per heavy atom. The highest BCUT2D eigenvalue weighted by Gasteiger charge is 2.32. The van der Waals surface area contributed by atoms with Crippen molar-refractivity contribution < 1.29 is 9.53 Å². The molecule has 0 saturated carbocycles. The van der Waals surface area contributed by atoms with Crippen molar-refractivity contribution >= 4 is 11.8 Å². The van der Waals surface area contributed by atoms with Crippen LogP contribution in [-0.4, -0.2) is 48.3 Å². The van der Waals surface area contributed by atoms with Gasteiger partial charge in [-0.25, -0.2) is 4.79 Å². The number of ether oxygens (including phenoxy) is 1. The molecule has 1 aromatic rings. The molecule has 0 bridgehead atoms. The lowest BCUT2D eigenvalue weighted by atomic mass is 9.89. The number of amides is 1. The third-order valence-corrected chi connectivity index (χ3v) is 5.35. The first-order chi connectivity index (χ1) is 12.1. The maximum atomic E-state index is 12.7. The molecule has 1 fully saturated rings. The fraction of sp³-hybridized carbons (Fsp3) is 0.714. The van der Waals surface area contributed by atoms with Crippen LogP contribution in [0.5, 0.6) is 0 Å². The van der Waals surface area contributed by atoms with Crippen LogP contribution in [-0.2, 0) is 11.2 Å². The van der Waals surface area contributed by atoms with Crippen molar-refractivity contribution in [1.82, 2.24) is 9.88 Å². The van der Waals surface area contributed by atoms with Crippen molar-refractivity contribution in [2.75, 3.05) is 31.6 Å². The van der Waals surface area contributed by atoms with E-state index in [9.17, 15) is 4.79 Å². The number of rotatable bonds is 1. The van der Waals surface area contributed by atoms with Gasteiger partial charge in [-0.15, -0.1) is 0 Å². The van der Waals surface area contributed by atoms with Gasteiger partial charge in [-0.2, -0.15) is 0 Å². The summed E-state index contributed by atoms with van der Waals surface area (Å²) in [6, 6.07) is 2.16. The van der Waals surface area contributed by atoms with Crippen molar-refractivity contribution in [3.63, 3.8) is 0 Å². The molecular formula is C21H33N3O2. The van der Waals surface area contributed by atoms with Gasteiger partial charge < -0.3 is 9.64 Å². The summed E-state index contributed by atoms with van der Waals surface area (Å²) < 4.78 is 5.63. The summed E-state index contributed by atoms with van der Waals surface area (Å²) in [5.74, 6) is 0.916. The standard InChI is InChI=1S/C21H33N3O2/c1-14-11-17-18(24(13-14)20(25)26-21(3,4)5)12-15(2)19(22-17)16-7-9-23(6)10-8-16/h12,14,16H,7-11,13H2,1-6H3/t14-/m0/s1. The summed E-state index contributed by atoms with van der Waals surface area (Å²) in [4.78, 5) is 22.0. The van der Waals surface area contributed by atoms with Crippen LogP contribution in [0.2, 0.25) is 0 Å². The summed E-state index contributed by atoms with van der Waals surface area (Å²) in [5, 5.41) is 0. The number of pyridine rings is 1. The van der Waals surface area contributed by atoms with Gasteiger partial charge in [0.1, 0.15) is 5.60 Å². The first-order valence-electron chi connectivity index (χ1n) is 9.83. The minimum atomic E-state index is -0.492. The first-order valence-corrected chi connectivity index (χ1v) is 9.83. The lowest BCUT2D eigenvalue weighted by Gasteiger charge is -2.35. The van der Waals surface area contributed by atoms with E-state index in [1.165, 1.54) is 11.3 Å². The van der Waals surface area contributed by atoms with Crippen molar-refractivity contribution in [1.29, 1.82) is 0 Å². The largest absolute Gasteiger partial charge is 0.443 e. The molecule has 0 radical (unpaired) electrons. The van der Waals surface area contributed by atoms with Crippen molar-refractivity contribution in [3.05, 3.63) is 23.0 Å². The van der Waals surface area contributed by atoms with Gasteiger partial charge in [-0.3, -0.25) is 9.88 Å². The molecular weight excluding hydrogens is 326 g/mol. The van der Waals surface area contributed by atoms with Crippen LogP contribution in [0.1, 0.15) is 63.4 Å². The van der Waals surface area contributed by atoms with Crippen molar-refractivity contribution in [3.8, 4) is 0 Å². The number of aryl methyl sites for hydroxylation is 1. The summed E-state index contributed by atoms with van der Waals surface area (Å²) >= 11 is 0. The van der Waals surface area contributed by atoms with Gasteiger partial charge in [0, 0.05) is 18.2 Å². The summed E-state index contributed by atoms with van der Waals surface area (Å²) in [5.41, 5.74) is 3.92. The second kappa shape index (κ2) is 7.18. The lowest BCUT2D eigenvalue weighted by Crippen LogP contribution is -2.43. The van der Waals surface area contributed by atoms with E-state index in [2.05, 4.69) is 31.9 Å². The van der Waals surface area contributed by atoms with Crippen LogP contribution in [0.25, 0.3) is 0 Å². The maximum absolute atomic E-state index is 12.7. The Kier molecular flexibility index (Phi) is 5.29. The number of hydrogen-bond acceptors (Lipinski definition) is 4. The Morgan fingerprint density at radius 2 is 1.92 bits per heavy atom. The third kappa shape index (κ3) is 4.20. The molecule has 1 atom stereocenters. The number of carbonyl (C=O) groups excluding carboxylic acids is 1. The predicted octanol–water partition coefficient (Wildman–Crippen LogP) is 4.13. The molecule has 0 N–H and O–H groups in total. The molecule has 0 unspecified atom stereocenters. The highest BCUT2D eigenvalue weighted by Crippen LogP contribution is 2.35. The van der Waals surface area contributed by atoms with Gasteiger partial charge in [0.25, 0.3) is 0 Å². The summed E-state index contributed by atoms with van der Waals surface area (Å²) in [6.07, 6.45) is 2.98. The van der Waals surface area contributed by atoms with E-state index in [4.69, 9.17) is 9.72 Å². The Bertz CT molecular complexity index is 673. The molecule has 144 valence electrons. The number of fused-ring (bicyclic) bond motifs is 1. The van der Waals surface area contributed by atoms with Crippen LogP contribution in [0.3, 0.4) is 0 Å². The minimum absolute atomic E-state index is 0.265. The Labute approximate surface area is 157 Å². The minimum Gasteiger partial charge on any atom is -0.443 e. The molecule has 1 saturated heterocycles. The smallest absolute Gasteiger partial charge is 0.414 e. The van der Waals surface area contributed by atoms with Crippen molar-refractivity contribution in [2.45, 2.75) is 65.4 Å². The number of piperidine rings is 1. The molecule has 5 heteroatoms. The number of anilines is 1. The molecule has 2 aliphatic rings. The average molecular weight is 360 g/mol. The van der Waals surface area contributed by atoms with E-state index >= 15 is 0 Å². The van der Waals surface area contributed by atoms with E-state index < -0.39 is 5.60 Å². The second-order valence-electron chi connectivity index (χ2n) is 9.13. The van der Waals surface area contributed by atoms with Crippen LogP contribution in [0.4, 0.5) is 10.5 Å². The zero-order valence-corrected chi connectivity index (χ0v) is 17.1. The monoisotopic (exact) mass is 359 g/mol. The van der Waals surface area contributed by atoms with Gasteiger partial charge in [0.05, 0.1) is 11.4 Å². The normalized spacial score (nSPS) is 22.2. The molecule has 5 nitrogen and oxygen atoms in total. The Hall–Kier alpha value is -1.62. The number of carbonyl (C=O) groups is 1. The van der Waals surface area contributed by atoms with Gasteiger partial charge >= 0.3 is 6.09 Å². The summed E-state index contributed by atoms with van der Waals surface area (Å²) in [7, 11) is 2.18. The number of hydrogen-bond donors (Lipinski definition) is 0.